The van der Waals surface area contributed by atoms with Crippen LogP contribution in [-0.4, -0.2) is 46.8 Å². The van der Waals surface area contributed by atoms with E-state index in [0.717, 1.165) is 16.3 Å². The van der Waals surface area contributed by atoms with Gasteiger partial charge in [-0.1, -0.05) is 42.5 Å². The van der Waals surface area contributed by atoms with Gasteiger partial charge >= 0.3 is 12.1 Å². The van der Waals surface area contributed by atoms with E-state index in [1.54, 1.807) is 20.8 Å². The fourth-order valence-corrected chi connectivity index (χ4v) is 3.54. The Bertz CT molecular complexity index is 838. The van der Waals surface area contributed by atoms with Crippen LogP contribution in [0.4, 0.5) is 4.79 Å². The number of nitrogens with zero attached hydrogens (tertiary/aromatic N) is 1. The highest BCUT2D eigenvalue weighted by Gasteiger charge is 2.39. The zero-order valence-electron chi connectivity index (χ0n) is 15.9. The molecule has 0 spiro atoms. The summed E-state index contributed by atoms with van der Waals surface area (Å²) in [5, 5.41) is 14.6. The zero-order valence-corrected chi connectivity index (χ0v) is 15.9. The van der Waals surface area contributed by atoms with E-state index in [1.165, 1.54) is 0 Å². The van der Waals surface area contributed by atoms with E-state index >= 15 is 0 Å². The van der Waals surface area contributed by atoms with Gasteiger partial charge in [0.05, 0.1) is 12.0 Å². The van der Waals surface area contributed by atoms with Crippen molar-refractivity contribution in [2.75, 3.05) is 13.1 Å². The first-order chi connectivity index (χ1) is 12.7. The van der Waals surface area contributed by atoms with Crippen molar-refractivity contribution < 1.29 is 19.4 Å². The SMILES string of the molecule is CC(C)(C)OC(=O)NC1CN(Cc2cccc3ccccc23)C[C@H]1C(=O)O. The van der Waals surface area contributed by atoms with E-state index < -0.39 is 29.6 Å². The Labute approximate surface area is 159 Å². The highest BCUT2D eigenvalue weighted by molar-refractivity contribution is 5.85. The summed E-state index contributed by atoms with van der Waals surface area (Å²) in [4.78, 5) is 25.8. The van der Waals surface area contributed by atoms with Crippen molar-refractivity contribution in [3.8, 4) is 0 Å². The highest BCUT2D eigenvalue weighted by atomic mass is 16.6. The Hall–Kier alpha value is -2.60. The van der Waals surface area contributed by atoms with Crippen molar-refractivity contribution in [1.82, 2.24) is 10.2 Å². The predicted octanol–water partition coefficient (Wildman–Crippen LogP) is 3.25. The summed E-state index contributed by atoms with van der Waals surface area (Å²) in [7, 11) is 0. The fourth-order valence-electron chi connectivity index (χ4n) is 3.54. The second kappa shape index (κ2) is 7.56. The molecule has 1 saturated heterocycles. The number of carbonyl (C=O) groups is 2. The molecule has 2 atom stereocenters. The molecule has 0 aliphatic carbocycles. The standard InChI is InChI=1S/C21H26N2O4/c1-21(2,3)27-20(26)22-18-13-23(12-17(18)19(24)25)11-15-9-6-8-14-7-4-5-10-16(14)15/h4-10,17-18H,11-13H2,1-3H3,(H,22,26)(H,24,25)/t17-,18?/m1/s1. The zero-order chi connectivity index (χ0) is 19.6. The average Bonchev–Trinajstić information content (AvgIpc) is 2.96. The summed E-state index contributed by atoms with van der Waals surface area (Å²) >= 11 is 0. The van der Waals surface area contributed by atoms with Gasteiger partial charge in [0.1, 0.15) is 5.60 Å². The van der Waals surface area contributed by atoms with Gasteiger partial charge in [-0.05, 0) is 37.1 Å². The first-order valence-corrected chi connectivity index (χ1v) is 9.14. The molecule has 1 unspecified atom stereocenters. The second-order valence-electron chi connectivity index (χ2n) is 8.03. The molecule has 0 aromatic heterocycles. The molecule has 1 aliphatic heterocycles. The Morgan fingerprint density at radius 3 is 2.56 bits per heavy atom. The topological polar surface area (TPSA) is 78.9 Å². The van der Waals surface area contributed by atoms with E-state index in [9.17, 15) is 14.7 Å². The number of ether oxygens (including phenoxy) is 1. The summed E-state index contributed by atoms with van der Waals surface area (Å²) < 4.78 is 5.28. The number of benzene rings is 2. The molecule has 2 aromatic rings. The number of nitrogens with one attached hydrogen (secondary N) is 1. The number of carbonyl (C=O) groups excluding carboxylic acids is 1. The van der Waals surface area contributed by atoms with Gasteiger partial charge in [0, 0.05) is 19.6 Å². The third-order valence-corrected chi connectivity index (χ3v) is 4.69. The van der Waals surface area contributed by atoms with E-state index in [2.05, 4.69) is 34.5 Å². The fraction of sp³-hybridized carbons (Fsp3) is 0.429. The van der Waals surface area contributed by atoms with Crippen molar-refractivity contribution in [3.63, 3.8) is 0 Å². The summed E-state index contributed by atoms with van der Waals surface area (Å²) in [6, 6.07) is 13.8. The molecule has 0 saturated carbocycles. The van der Waals surface area contributed by atoms with E-state index in [0.29, 0.717) is 19.6 Å². The normalized spacial score (nSPS) is 20.6. The van der Waals surface area contributed by atoms with Crippen LogP contribution in [0, 0.1) is 5.92 Å². The maximum Gasteiger partial charge on any atom is 0.407 e. The number of aliphatic carboxylic acids is 1. The number of likely N-dealkylation sites (tertiary alicyclic amines) is 1. The molecule has 0 radical (unpaired) electrons. The summed E-state index contributed by atoms with van der Waals surface area (Å²) in [5.41, 5.74) is 0.527. The van der Waals surface area contributed by atoms with E-state index in [-0.39, 0.29) is 0 Å². The predicted molar refractivity (Wildman–Crippen MR) is 104 cm³/mol. The second-order valence-corrected chi connectivity index (χ2v) is 8.03. The molecule has 27 heavy (non-hydrogen) atoms. The molecule has 6 heteroatoms. The monoisotopic (exact) mass is 370 g/mol. The number of carboxylic acids is 1. The van der Waals surface area contributed by atoms with Gasteiger partial charge in [0.15, 0.2) is 0 Å². The van der Waals surface area contributed by atoms with Gasteiger partial charge in [0.2, 0.25) is 0 Å². The van der Waals surface area contributed by atoms with Crippen LogP contribution < -0.4 is 5.32 Å². The lowest BCUT2D eigenvalue weighted by molar-refractivity contribution is -0.141. The van der Waals surface area contributed by atoms with Gasteiger partial charge in [0.25, 0.3) is 0 Å². The number of amides is 1. The Morgan fingerprint density at radius 2 is 1.85 bits per heavy atom. The third-order valence-electron chi connectivity index (χ3n) is 4.69. The van der Waals surface area contributed by atoms with Crippen LogP contribution in [0.1, 0.15) is 26.3 Å². The van der Waals surface area contributed by atoms with Crippen molar-refractivity contribution in [2.45, 2.75) is 39.0 Å². The maximum absolute atomic E-state index is 12.1. The number of hydrogen-bond donors (Lipinski definition) is 2. The maximum atomic E-state index is 12.1. The average molecular weight is 370 g/mol. The molecule has 1 aliphatic rings. The van der Waals surface area contributed by atoms with Crippen molar-refractivity contribution in [3.05, 3.63) is 48.0 Å². The first kappa shape index (κ1) is 19.2. The molecular formula is C21H26N2O4. The van der Waals surface area contributed by atoms with Crippen molar-refractivity contribution in [1.29, 1.82) is 0 Å². The largest absolute Gasteiger partial charge is 0.481 e. The van der Waals surface area contributed by atoms with Gasteiger partial charge in [-0.25, -0.2) is 4.79 Å². The van der Waals surface area contributed by atoms with Crippen LogP contribution in [0.15, 0.2) is 42.5 Å². The lowest BCUT2D eigenvalue weighted by Crippen LogP contribution is -2.45. The van der Waals surface area contributed by atoms with Crippen LogP contribution in [0.25, 0.3) is 10.8 Å². The Balaban J connectivity index is 1.72. The molecule has 1 heterocycles. The molecular weight excluding hydrogens is 344 g/mol. The summed E-state index contributed by atoms with van der Waals surface area (Å²) in [6.07, 6.45) is -0.578. The lowest BCUT2D eigenvalue weighted by Gasteiger charge is -2.23. The molecule has 6 nitrogen and oxygen atoms in total. The van der Waals surface area contributed by atoms with Gasteiger partial charge < -0.3 is 15.2 Å². The minimum atomic E-state index is -0.906. The third kappa shape index (κ3) is 4.77. The number of carboxylic acid groups (broad SMARTS) is 1. The smallest absolute Gasteiger partial charge is 0.407 e. The molecule has 0 bridgehead atoms. The number of alkyl carbamates (subject to hydrolysis) is 1. The number of rotatable bonds is 4. The minimum Gasteiger partial charge on any atom is -0.481 e. The van der Waals surface area contributed by atoms with Crippen LogP contribution in [-0.2, 0) is 16.1 Å². The van der Waals surface area contributed by atoms with Crippen molar-refractivity contribution >= 4 is 22.8 Å². The van der Waals surface area contributed by atoms with Crippen LogP contribution in [0.2, 0.25) is 0 Å². The first-order valence-electron chi connectivity index (χ1n) is 9.14. The number of hydrogen-bond acceptors (Lipinski definition) is 4. The molecule has 2 aromatic carbocycles. The van der Waals surface area contributed by atoms with Crippen LogP contribution in [0.3, 0.4) is 0 Å². The van der Waals surface area contributed by atoms with Gasteiger partial charge in [-0.3, -0.25) is 9.69 Å². The molecule has 1 amide bonds. The quantitative estimate of drug-likeness (QED) is 0.864. The molecule has 3 rings (SSSR count). The Kier molecular flexibility index (Phi) is 5.37. The lowest BCUT2D eigenvalue weighted by atomic mass is 10.0. The van der Waals surface area contributed by atoms with E-state index in [1.807, 2.05) is 18.2 Å². The molecule has 1 fully saturated rings. The minimum absolute atomic E-state index is 0.388. The van der Waals surface area contributed by atoms with Crippen LogP contribution >= 0.6 is 0 Å². The van der Waals surface area contributed by atoms with Gasteiger partial charge in [-0.15, -0.1) is 0 Å². The number of fused-ring (bicyclic) bond motifs is 1. The molecule has 144 valence electrons. The van der Waals surface area contributed by atoms with Crippen molar-refractivity contribution in [2.24, 2.45) is 5.92 Å². The summed E-state index contributed by atoms with van der Waals surface area (Å²) in [6.45, 7) is 6.84. The molecule has 2 N–H and O–H groups in total. The highest BCUT2D eigenvalue weighted by Crippen LogP contribution is 2.24. The summed E-state index contributed by atoms with van der Waals surface area (Å²) in [5.74, 6) is -1.57. The van der Waals surface area contributed by atoms with E-state index in [4.69, 9.17) is 4.74 Å². The van der Waals surface area contributed by atoms with Gasteiger partial charge in [-0.2, -0.15) is 0 Å². The van der Waals surface area contributed by atoms with Crippen LogP contribution in [0.5, 0.6) is 0 Å². The Morgan fingerprint density at radius 1 is 1.15 bits per heavy atom.